The molecule has 0 fully saturated rings. The van der Waals surface area contributed by atoms with Crippen LogP contribution in [0.25, 0.3) is 0 Å². The largest absolute Gasteiger partial charge is 0.357 e. The van der Waals surface area contributed by atoms with Crippen molar-refractivity contribution < 1.29 is 0 Å². The van der Waals surface area contributed by atoms with Gasteiger partial charge in [0, 0.05) is 19.1 Å². The molecular weight excluding hydrogens is 248 g/mol. The van der Waals surface area contributed by atoms with Crippen LogP contribution in [-0.4, -0.2) is 49.6 Å². The molecule has 0 bridgehead atoms. The molecule has 0 aromatic heterocycles. The van der Waals surface area contributed by atoms with Gasteiger partial charge in [0.05, 0.1) is 0 Å². The lowest BCUT2D eigenvalue weighted by atomic mass is 10.2. The van der Waals surface area contributed by atoms with Crippen LogP contribution in [0.2, 0.25) is 0 Å². The fourth-order valence-corrected chi connectivity index (χ4v) is 2.14. The summed E-state index contributed by atoms with van der Waals surface area (Å²) >= 11 is 0. The van der Waals surface area contributed by atoms with Gasteiger partial charge in [-0.15, -0.1) is 0 Å². The summed E-state index contributed by atoms with van der Waals surface area (Å²) in [4.78, 5) is 7.08. The molecule has 0 aliphatic carbocycles. The van der Waals surface area contributed by atoms with Gasteiger partial charge >= 0.3 is 0 Å². The number of hydrogen-bond acceptors (Lipinski definition) is 2. The van der Waals surface area contributed by atoms with Crippen LogP contribution in [-0.2, 0) is 0 Å². The Kier molecular flexibility index (Phi) is 12.7. The standard InChI is InChI=1S/C16H36N4/c1-6-10-13-18-16(17-7-2)19-15(5)12-11-14-20(8-3)9-4/h15H,6-14H2,1-5H3,(H2,17,18,19). The van der Waals surface area contributed by atoms with Gasteiger partial charge < -0.3 is 15.5 Å². The van der Waals surface area contributed by atoms with E-state index in [0.29, 0.717) is 6.04 Å². The fraction of sp³-hybridized carbons (Fsp3) is 0.938. The number of nitrogens with one attached hydrogen (secondary N) is 2. The monoisotopic (exact) mass is 284 g/mol. The normalized spacial score (nSPS) is 13.6. The molecule has 0 radical (unpaired) electrons. The van der Waals surface area contributed by atoms with Crippen molar-refractivity contribution in [3.05, 3.63) is 0 Å². The molecule has 0 aliphatic heterocycles. The summed E-state index contributed by atoms with van der Waals surface area (Å²) in [6.45, 7) is 16.4. The van der Waals surface area contributed by atoms with Crippen LogP contribution in [0.1, 0.15) is 60.3 Å². The molecule has 0 aliphatic rings. The highest BCUT2D eigenvalue weighted by atomic mass is 15.2. The van der Waals surface area contributed by atoms with E-state index in [1.807, 2.05) is 0 Å². The van der Waals surface area contributed by atoms with Crippen LogP contribution in [0, 0.1) is 0 Å². The molecule has 4 nitrogen and oxygen atoms in total. The van der Waals surface area contributed by atoms with Gasteiger partial charge in [-0.1, -0.05) is 27.2 Å². The van der Waals surface area contributed by atoms with E-state index in [1.54, 1.807) is 0 Å². The Morgan fingerprint density at radius 1 is 1.10 bits per heavy atom. The average molecular weight is 284 g/mol. The zero-order valence-corrected chi connectivity index (χ0v) is 14.3. The molecule has 120 valence electrons. The second kappa shape index (κ2) is 13.2. The quantitative estimate of drug-likeness (QED) is 0.348. The SMILES string of the molecule is CCCCN=C(NCC)NC(C)CCCN(CC)CC. The topological polar surface area (TPSA) is 39.7 Å². The number of nitrogens with zero attached hydrogens (tertiary/aromatic N) is 2. The van der Waals surface area contributed by atoms with Crippen LogP contribution in [0.4, 0.5) is 0 Å². The minimum Gasteiger partial charge on any atom is -0.357 e. The van der Waals surface area contributed by atoms with Crippen molar-refractivity contribution in [2.45, 2.75) is 66.3 Å². The second-order valence-electron chi connectivity index (χ2n) is 5.33. The third kappa shape index (κ3) is 10.1. The van der Waals surface area contributed by atoms with Gasteiger partial charge in [0.2, 0.25) is 0 Å². The summed E-state index contributed by atoms with van der Waals surface area (Å²) in [6.07, 6.45) is 4.79. The van der Waals surface area contributed by atoms with Gasteiger partial charge in [0.25, 0.3) is 0 Å². The number of rotatable bonds is 11. The molecule has 1 unspecified atom stereocenters. The molecule has 20 heavy (non-hydrogen) atoms. The lowest BCUT2D eigenvalue weighted by Gasteiger charge is -2.21. The summed E-state index contributed by atoms with van der Waals surface area (Å²) < 4.78 is 0. The smallest absolute Gasteiger partial charge is 0.191 e. The Labute approximate surface area is 126 Å². The van der Waals surface area contributed by atoms with Gasteiger partial charge in [0.1, 0.15) is 0 Å². The van der Waals surface area contributed by atoms with Crippen molar-refractivity contribution in [3.8, 4) is 0 Å². The Morgan fingerprint density at radius 3 is 2.35 bits per heavy atom. The lowest BCUT2D eigenvalue weighted by Crippen LogP contribution is -2.42. The highest BCUT2D eigenvalue weighted by Crippen LogP contribution is 1.99. The Morgan fingerprint density at radius 2 is 1.80 bits per heavy atom. The van der Waals surface area contributed by atoms with E-state index in [4.69, 9.17) is 0 Å². The van der Waals surface area contributed by atoms with Gasteiger partial charge in [-0.3, -0.25) is 4.99 Å². The first kappa shape index (κ1) is 19.2. The Hall–Kier alpha value is -0.770. The maximum atomic E-state index is 4.60. The van der Waals surface area contributed by atoms with Crippen LogP contribution in [0.15, 0.2) is 4.99 Å². The highest BCUT2D eigenvalue weighted by Gasteiger charge is 2.06. The maximum absolute atomic E-state index is 4.60. The number of aliphatic imine (C=N–C) groups is 1. The summed E-state index contributed by atoms with van der Waals surface area (Å²) in [6, 6.07) is 0.477. The van der Waals surface area contributed by atoms with Crippen LogP contribution in [0.5, 0.6) is 0 Å². The number of hydrogen-bond donors (Lipinski definition) is 2. The van der Waals surface area contributed by atoms with Gasteiger partial charge in [0.15, 0.2) is 5.96 Å². The zero-order valence-electron chi connectivity index (χ0n) is 14.3. The van der Waals surface area contributed by atoms with Crippen molar-refractivity contribution in [2.75, 3.05) is 32.7 Å². The highest BCUT2D eigenvalue weighted by molar-refractivity contribution is 5.79. The Balaban J connectivity index is 3.99. The van der Waals surface area contributed by atoms with E-state index in [9.17, 15) is 0 Å². The molecule has 0 saturated heterocycles. The molecule has 4 heteroatoms. The first-order valence-electron chi connectivity index (χ1n) is 8.44. The minimum atomic E-state index is 0.477. The van der Waals surface area contributed by atoms with Crippen molar-refractivity contribution in [1.29, 1.82) is 0 Å². The number of guanidine groups is 1. The van der Waals surface area contributed by atoms with E-state index in [-0.39, 0.29) is 0 Å². The van der Waals surface area contributed by atoms with Crippen molar-refractivity contribution >= 4 is 5.96 Å². The molecule has 0 amide bonds. The summed E-state index contributed by atoms with van der Waals surface area (Å²) in [5, 5.41) is 6.83. The van der Waals surface area contributed by atoms with E-state index in [1.165, 1.54) is 25.8 Å². The molecule has 0 rings (SSSR count). The Bertz CT molecular complexity index is 237. The van der Waals surface area contributed by atoms with Gasteiger partial charge in [-0.2, -0.15) is 0 Å². The molecule has 2 N–H and O–H groups in total. The summed E-state index contributed by atoms with van der Waals surface area (Å²) in [7, 11) is 0. The summed E-state index contributed by atoms with van der Waals surface area (Å²) in [5.41, 5.74) is 0. The maximum Gasteiger partial charge on any atom is 0.191 e. The average Bonchev–Trinajstić information content (AvgIpc) is 2.44. The van der Waals surface area contributed by atoms with Crippen LogP contribution in [0.3, 0.4) is 0 Å². The zero-order chi connectivity index (χ0) is 15.2. The summed E-state index contributed by atoms with van der Waals surface area (Å²) in [5.74, 6) is 0.969. The lowest BCUT2D eigenvalue weighted by molar-refractivity contribution is 0.292. The van der Waals surface area contributed by atoms with Crippen molar-refractivity contribution in [1.82, 2.24) is 15.5 Å². The van der Waals surface area contributed by atoms with E-state index >= 15 is 0 Å². The van der Waals surface area contributed by atoms with Crippen LogP contribution < -0.4 is 10.6 Å². The van der Waals surface area contributed by atoms with Gasteiger partial charge in [-0.25, -0.2) is 0 Å². The first-order valence-corrected chi connectivity index (χ1v) is 8.44. The predicted molar refractivity (Wildman–Crippen MR) is 90.5 cm³/mol. The molecule has 0 aromatic carbocycles. The van der Waals surface area contributed by atoms with Crippen molar-refractivity contribution in [3.63, 3.8) is 0 Å². The van der Waals surface area contributed by atoms with Crippen molar-refractivity contribution in [2.24, 2.45) is 4.99 Å². The van der Waals surface area contributed by atoms with E-state index in [2.05, 4.69) is 55.1 Å². The molecule has 0 heterocycles. The molecule has 0 aromatic rings. The molecule has 1 atom stereocenters. The fourth-order valence-electron chi connectivity index (χ4n) is 2.14. The second-order valence-corrected chi connectivity index (χ2v) is 5.33. The third-order valence-electron chi connectivity index (χ3n) is 3.51. The number of unbranched alkanes of at least 4 members (excludes halogenated alkanes) is 1. The third-order valence-corrected chi connectivity index (χ3v) is 3.51. The minimum absolute atomic E-state index is 0.477. The van der Waals surface area contributed by atoms with E-state index in [0.717, 1.165) is 38.6 Å². The molecule has 0 spiro atoms. The van der Waals surface area contributed by atoms with Crippen LogP contribution >= 0.6 is 0 Å². The van der Waals surface area contributed by atoms with E-state index < -0.39 is 0 Å². The molecular formula is C16H36N4. The van der Waals surface area contributed by atoms with Gasteiger partial charge in [-0.05, 0) is 52.7 Å². The molecule has 0 saturated carbocycles. The predicted octanol–water partition coefficient (Wildman–Crippen LogP) is 2.85. The first-order chi connectivity index (χ1) is 9.67.